The predicted octanol–water partition coefficient (Wildman–Crippen LogP) is 5.37. The summed E-state index contributed by atoms with van der Waals surface area (Å²) in [6.07, 6.45) is 6.44. The van der Waals surface area contributed by atoms with Crippen molar-refractivity contribution in [1.82, 2.24) is 19.9 Å². The van der Waals surface area contributed by atoms with Crippen LogP contribution >= 0.6 is 11.3 Å². The maximum absolute atomic E-state index is 13.0. The Morgan fingerprint density at radius 2 is 1.94 bits per heavy atom. The Bertz CT molecular complexity index is 1070. The number of thiazole rings is 1. The average Bonchev–Trinajstić information content (AvgIpc) is 3.09. The molecular formula is C24H27N5OS. The lowest BCUT2D eigenvalue weighted by Crippen LogP contribution is -2.38. The van der Waals surface area contributed by atoms with Crippen molar-refractivity contribution in [2.75, 3.05) is 11.9 Å². The quantitative estimate of drug-likeness (QED) is 0.548. The lowest BCUT2D eigenvalue weighted by atomic mass is 10.0. The minimum atomic E-state index is -0.123. The smallest absolute Gasteiger partial charge is 0.247 e. The Morgan fingerprint density at radius 1 is 1.13 bits per heavy atom. The minimum absolute atomic E-state index is 0.000610. The summed E-state index contributed by atoms with van der Waals surface area (Å²) in [4.78, 5) is 30.1. The van der Waals surface area contributed by atoms with E-state index in [0.29, 0.717) is 18.2 Å². The molecule has 1 aliphatic rings. The van der Waals surface area contributed by atoms with Gasteiger partial charge in [-0.3, -0.25) is 4.79 Å². The molecule has 6 nitrogen and oxygen atoms in total. The van der Waals surface area contributed by atoms with Gasteiger partial charge in [0.25, 0.3) is 0 Å². The summed E-state index contributed by atoms with van der Waals surface area (Å²) in [5, 5.41) is 4.14. The minimum Gasteiger partial charge on any atom is -0.329 e. The highest BCUT2D eigenvalue weighted by Gasteiger charge is 2.29. The zero-order chi connectivity index (χ0) is 21.8. The fraction of sp³-hybridized carbons (Fsp3) is 0.333. The van der Waals surface area contributed by atoms with Crippen molar-refractivity contribution in [3.63, 3.8) is 0 Å². The topological polar surface area (TPSA) is 71.0 Å². The van der Waals surface area contributed by atoms with Crippen LogP contribution in [0.1, 0.15) is 53.0 Å². The van der Waals surface area contributed by atoms with Crippen molar-refractivity contribution in [3.05, 3.63) is 70.1 Å². The molecule has 3 aromatic rings. The molecule has 1 fully saturated rings. The summed E-state index contributed by atoms with van der Waals surface area (Å²) in [5.41, 5.74) is 2.90. The summed E-state index contributed by atoms with van der Waals surface area (Å²) in [5.74, 6) is 1.40. The molecule has 1 atom stereocenters. The number of nitrogens with zero attached hydrogens (tertiary/aromatic N) is 4. The number of aryl methyl sites for hydroxylation is 3. The van der Waals surface area contributed by atoms with E-state index in [1.807, 2.05) is 61.2 Å². The molecule has 0 spiro atoms. The summed E-state index contributed by atoms with van der Waals surface area (Å²) < 4.78 is 0. The molecule has 0 saturated carbocycles. The predicted molar refractivity (Wildman–Crippen MR) is 125 cm³/mol. The molecule has 1 aromatic carbocycles. The highest BCUT2D eigenvalue weighted by Crippen LogP contribution is 2.31. The Morgan fingerprint density at radius 3 is 2.68 bits per heavy atom. The zero-order valence-electron chi connectivity index (χ0n) is 18.1. The monoisotopic (exact) mass is 433 g/mol. The number of hydrogen-bond acceptors (Lipinski definition) is 6. The van der Waals surface area contributed by atoms with Crippen LogP contribution in [0.4, 0.5) is 10.9 Å². The van der Waals surface area contributed by atoms with E-state index in [1.165, 1.54) is 4.88 Å². The first-order valence-corrected chi connectivity index (χ1v) is 11.4. The van der Waals surface area contributed by atoms with Crippen molar-refractivity contribution < 1.29 is 4.79 Å². The molecule has 1 unspecified atom stereocenters. The third-order valence-corrected chi connectivity index (χ3v) is 6.43. The second-order valence-electron chi connectivity index (χ2n) is 7.83. The molecule has 0 bridgehead atoms. The second kappa shape index (κ2) is 9.39. The van der Waals surface area contributed by atoms with E-state index in [0.717, 1.165) is 41.3 Å². The number of carbonyl (C=O) groups is 1. The van der Waals surface area contributed by atoms with Crippen LogP contribution in [-0.4, -0.2) is 32.3 Å². The van der Waals surface area contributed by atoms with Gasteiger partial charge in [-0.25, -0.2) is 15.0 Å². The number of aromatic nitrogens is 3. The number of anilines is 2. The van der Waals surface area contributed by atoms with Gasteiger partial charge in [0.15, 0.2) is 11.0 Å². The van der Waals surface area contributed by atoms with Gasteiger partial charge in [0, 0.05) is 29.3 Å². The van der Waals surface area contributed by atoms with Crippen LogP contribution in [0.5, 0.6) is 0 Å². The van der Waals surface area contributed by atoms with Crippen LogP contribution < -0.4 is 5.32 Å². The molecule has 4 rings (SSSR count). The van der Waals surface area contributed by atoms with Crippen LogP contribution in [0.3, 0.4) is 0 Å². The van der Waals surface area contributed by atoms with Crippen molar-refractivity contribution in [1.29, 1.82) is 0 Å². The van der Waals surface area contributed by atoms with Gasteiger partial charge < -0.3 is 10.2 Å². The van der Waals surface area contributed by atoms with Crippen LogP contribution in [0.25, 0.3) is 6.08 Å². The van der Waals surface area contributed by atoms with Gasteiger partial charge in [0.1, 0.15) is 5.82 Å². The molecule has 3 heterocycles. The molecule has 0 radical (unpaired) electrons. The molecule has 1 N–H and O–H groups in total. The molecule has 1 aliphatic heterocycles. The number of hydrogen-bond donors (Lipinski definition) is 1. The van der Waals surface area contributed by atoms with Crippen LogP contribution in [0.2, 0.25) is 0 Å². The van der Waals surface area contributed by atoms with E-state index >= 15 is 0 Å². The zero-order valence-corrected chi connectivity index (χ0v) is 18.9. The van der Waals surface area contributed by atoms with Gasteiger partial charge in [-0.2, -0.15) is 0 Å². The van der Waals surface area contributed by atoms with Gasteiger partial charge in [-0.1, -0.05) is 30.3 Å². The number of piperidine rings is 1. The molecule has 31 heavy (non-hydrogen) atoms. The Balaban J connectivity index is 1.56. The van der Waals surface area contributed by atoms with Crippen molar-refractivity contribution in [3.8, 4) is 0 Å². The average molecular weight is 434 g/mol. The van der Waals surface area contributed by atoms with E-state index in [9.17, 15) is 4.79 Å². The van der Waals surface area contributed by atoms with Gasteiger partial charge in [0.05, 0.1) is 11.7 Å². The van der Waals surface area contributed by atoms with Crippen molar-refractivity contribution in [2.24, 2.45) is 0 Å². The number of amides is 1. The molecule has 7 heteroatoms. The van der Waals surface area contributed by atoms with Gasteiger partial charge in [-0.05, 0) is 51.7 Å². The fourth-order valence-electron chi connectivity index (χ4n) is 3.73. The van der Waals surface area contributed by atoms with Crippen LogP contribution in [0, 0.1) is 20.8 Å². The molecule has 0 aliphatic carbocycles. The SMILES string of the molecule is Cc1cc(Nc2nc(C)c(C)s2)nc(C2CCCCN2C(=O)C=Cc2ccccc2)n1. The number of benzene rings is 1. The highest BCUT2D eigenvalue weighted by molar-refractivity contribution is 7.15. The normalized spacial score (nSPS) is 16.6. The number of likely N-dealkylation sites (tertiary alicyclic amines) is 1. The third-order valence-electron chi connectivity index (χ3n) is 5.44. The number of carbonyl (C=O) groups excluding carboxylic acids is 1. The van der Waals surface area contributed by atoms with Crippen LogP contribution in [0.15, 0.2) is 42.5 Å². The van der Waals surface area contributed by atoms with Crippen molar-refractivity contribution in [2.45, 2.75) is 46.1 Å². The van der Waals surface area contributed by atoms with E-state index in [1.54, 1.807) is 17.4 Å². The first-order valence-electron chi connectivity index (χ1n) is 10.6. The first kappa shape index (κ1) is 21.2. The molecule has 1 saturated heterocycles. The summed E-state index contributed by atoms with van der Waals surface area (Å²) in [6.45, 7) is 6.73. The van der Waals surface area contributed by atoms with Crippen LogP contribution in [-0.2, 0) is 4.79 Å². The van der Waals surface area contributed by atoms with Gasteiger partial charge in [-0.15, -0.1) is 11.3 Å². The summed E-state index contributed by atoms with van der Waals surface area (Å²) in [6, 6.07) is 11.7. The molecular weight excluding hydrogens is 406 g/mol. The van der Waals surface area contributed by atoms with E-state index in [-0.39, 0.29) is 11.9 Å². The molecule has 160 valence electrons. The highest BCUT2D eigenvalue weighted by atomic mass is 32.1. The lowest BCUT2D eigenvalue weighted by molar-refractivity contribution is -0.129. The maximum Gasteiger partial charge on any atom is 0.247 e. The Hall–Kier alpha value is -3.06. The second-order valence-corrected chi connectivity index (χ2v) is 9.03. The Kier molecular flexibility index (Phi) is 6.42. The lowest BCUT2D eigenvalue weighted by Gasteiger charge is -2.34. The Labute approximate surface area is 187 Å². The fourth-order valence-corrected chi connectivity index (χ4v) is 4.55. The standard InChI is InChI=1S/C24H27N5OS/c1-16-15-21(28-24-26-17(2)18(3)31-24)27-23(25-16)20-11-7-8-14-29(20)22(30)13-12-19-9-5-4-6-10-19/h4-6,9-10,12-13,15,20H,7-8,11,14H2,1-3H3,(H,25,26,27,28). The largest absolute Gasteiger partial charge is 0.329 e. The van der Waals surface area contributed by atoms with E-state index < -0.39 is 0 Å². The maximum atomic E-state index is 13.0. The van der Waals surface area contributed by atoms with Gasteiger partial charge >= 0.3 is 0 Å². The molecule has 1 amide bonds. The number of rotatable bonds is 5. The van der Waals surface area contributed by atoms with Crippen molar-refractivity contribution >= 4 is 34.3 Å². The first-order chi connectivity index (χ1) is 15.0. The van der Waals surface area contributed by atoms with E-state index in [2.05, 4.69) is 22.2 Å². The molecule has 2 aromatic heterocycles. The van der Waals surface area contributed by atoms with Gasteiger partial charge in [0.2, 0.25) is 5.91 Å². The van der Waals surface area contributed by atoms with E-state index in [4.69, 9.17) is 4.98 Å². The third kappa shape index (κ3) is 5.17. The number of nitrogens with one attached hydrogen (secondary N) is 1. The summed E-state index contributed by atoms with van der Waals surface area (Å²) in [7, 11) is 0. The summed E-state index contributed by atoms with van der Waals surface area (Å²) >= 11 is 1.61.